The van der Waals surface area contributed by atoms with E-state index in [0.29, 0.717) is 6.04 Å². The van der Waals surface area contributed by atoms with Gasteiger partial charge in [-0.25, -0.2) is 0 Å². The van der Waals surface area contributed by atoms with Gasteiger partial charge in [0.15, 0.2) is 5.96 Å². The van der Waals surface area contributed by atoms with E-state index in [1.54, 1.807) is 0 Å². The Labute approximate surface area is 158 Å². The molecule has 0 amide bonds. The standard InChI is InChI=1S/C19H38N4OS/c1-4-6-7-8-17(3)22-18(20-5-2)21-15-19(9-14-25-16-19)23-10-12-24-13-11-23/h17H,4-16H2,1-3H3,(H2,20,21,22). The summed E-state index contributed by atoms with van der Waals surface area (Å²) in [5.41, 5.74) is 0.224. The van der Waals surface area contributed by atoms with Gasteiger partial charge in [-0.3, -0.25) is 9.89 Å². The molecule has 2 rings (SSSR count). The van der Waals surface area contributed by atoms with E-state index in [1.807, 2.05) is 0 Å². The van der Waals surface area contributed by atoms with Gasteiger partial charge in [0.2, 0.25) is 0 Å². The first kappa shape index (κ1) is 20.8. The summed E-state index contributed by atoms with van der Waals surface area (Å²) < 4.78 is 5.56. The highest BCUT2D eigenvalue weighted by molar-refractivity contribution is 7.99. The highest BCUT2D eigenvalue weighted by Gasteiger charge is 2.40. The maximum absolute atomic E-state index is 5.56. The molecule has 25 heavy (non-hydrogen) atoms. The summed E-state index contributed by atoms with van der Waals surface area (Å²) in [4.78, 5) is 7.64. The second-order valence-corrected chi connectivity index (χ2v) is 8.47. The Kier molecular flexibility index (Phi) is 9.42. The molecule has 0 saturated carbocycles. The summed E-state index contributed by atoms with van der Waals surface area (Å²) in [6.45, 7) is 12.3. The quantitative estimate of drug-likeness (QED) is 0.371. The Bertz CT molecular complexity index is 393. The van der Waals surface area contributed by atoms with E-state index in [0.717, 1.165) is 45.4 Å². The molecule has 2 unspecified atom stereocenters. The Hall–Kier alpha value is -0.460. The third-order valence-corrected chi connectivity index (χ3v) is 6.50. The smallest absolute Gasteiger partial charge is 0.191 e. The first-order valence-corrected chi connectivity index (χ1v) is 11.3. The van der Waals surface area contributed by atoms with Crippen molar-refractivity contribution in [3.63, 3.8) is 0 Å². The van der Waals surface area contributed by atoms with Crippen molar-refractivity contribution in [2.24, 2.45) is 4.99 Å². The Morgan fingerprint density at radius 3 is 2.72 bits per heavy atom. The molecule has 0 aromatic rings. The highest BCUT2D eigenvalue weighted by Crippen LogP contribution is 2.34. The monoisotopic (exact) mass is 370 g/mol. The normalized spacial score (nSPS) is 26.6. The molecule has 6 heteroatoms. The SMILES string of the molecule is CCCCCC(C)NC(=NCC1(N2CCOCC2)CCSC1)NCC. The molecule has 0 radical (unpaired) electrons. The van der Waals surface area contributed by atoms with Crippen molar-refractivity contribution in [2.45, 2.75) is 64.5 Å². The Balaban J connectivity index is 1.94. The fourth-order valence-corrected chi connectivity index (χ4v) is 5.13. The van der Waals surface area contributed by atoms with Gasteiger partial charge in [0, 0.05) is 31.4 Å². The van der Waals surface area contributed by atoms with Crippen molar-refractivity contribution in [2.75, 3.05) is 50.9 Å². The van der Waals surface area contributed by atoms with Crippen LogP contribution in [0, 0.1) is 0 Å². The van der Waals surface area contributed by atoms with Crippen LogP contribution in [0.25, 0.3) is 0 Å². The maximum atomic E-state index is 5.56. The minimum Gasteiger partial charge on any atom is -0.379 e. The van der Waals surface area contributed by atoms with Crippen molar-refractivity contribution in [3.05, 3.63) is 0 Å². The third-order valence-electron chi connectivity index (χ3n) is 5.26. The number of hydrogen-bond donors (Lipinski definition) is 2. The molecular formula is C19H38N4OS. The molecule has 0 aromatic heterocycles. The fraction of sp³-hybridized carbons (Fsp3) is 0.947. The predicted molar refractivity (Wildman–Crippen MR) is 110 cm³/mol. The lowest BCUT2D eigenvalue weighted by molar-refractivity contribution is -0.0104. The number of thioether (sulfide) groups is 1. The third kappa shape index (κ3) is 6.65. The van der Waals surface area contributed by atoms with Crippen molar-refractivity contribution in [1.29, 1.82) is 0 Å². The van der Waals surface area contributed by atoms with Crippen LogP contribution >= 0.6 is 11.8 Å². The van der Waals surface area contributed by atoms with E-state index in [4.69, 9.17) is 9.73 Å². The van der Waals surface area contributed by atoms with Crippen molar-refractivity contribution >= 4 is 17.7 Å². The van der Waals surface area contributed by atoms with Gasteiger partial charge < -0.3 is 15.4 Å². The Morgan fingerprint density at radius 2 is 2.08 bits per heavy atom. The zero-order valence-corrected chi connectivity index (χ0v) is 17.3. The van der Waals surface area contributed by atoms with E-state index in [-0.39, 0.29) is 5.54 Å². The molecule has 2 N–H and O–H groups in total. The number of nitrogens with zero attached hydrogens (tertiary/aromatic N) is 2. The second kappa shape index (κ2) is 11.3. The minimum absolute atomic E-state index is 0.224. The Morgan fingerprint density at radius 1 is 1.28 bits per heavy atom. The molecule has 2 atom stereocenters. The lowest BCUT2D eigenvalue weighted by atomic mass is 9.96. The van der Waals surface area contributed by atoms with Crippen LogP contribution in [0.2, 0.25) is 0 Å². The molecular weight excluding hydrogens is 332 g/mol. The van der Waals surface area contributed by atoms with Gasteiger partial charge in [0.05, 0.1) is 25.3 Å². The van der Waals surface area contributed by atoms with Gasteiger partial charge in [-0.2, -0.15) is 11.8 Å². The zero-order valence-electron chi connectivity index (χ0n) is 16.5. The van der Waals surface area contributed by atoms with E-state index in [1.165, 1.54) is 43.6 Å². The number of morpholine rings is 1. The molecule has 2 heterocycles. The average Bonchev–Trinajstić information content (AvgIpc) is 3.11. The molecule has 2 aliphatic heterocycles. The van der Waals surface area contributed by atoms with E-state index in [9.17, 15) is 0 Å². The summed E-state index contributed by atoms with van der Waals surface area (Å²) in [6, 6.07) is 0.474. The van der Waals surface area contributed by atoms with Crippen LogP contribution in [0.3, 0.4) is 0 Å². The van der Waals surface area contributed by atoms with Gasteiger partial charge >= 0.3 is 0 Å². The number of nitrogens with one attached hydrogen (secondary N) is 2. The number of rotatable bonds is 9. The summed E-state index contributed by atoms with van der Waals surface area (Å²) in [6.07, 6.45) is 6.34. The first-order valence-electron chi connectivity index (χ1n) is 10.2. The van der Waals surface area contributed by atoms with Gasteiger partial charge in [-0.1, -0.05) is 26.2 Å². The predicted octanol–water partition coefficient (Wildman–Crippen LogP) is 2.72. The number of ether oxygens (including phenoxy) is 1. The lowest BCUT2D eigenvalue weighted by Crippen LogP contribution is -2.56. The van der Waals surface area contributed by atoms with E-state index < -0.39 is 0 Å². The lowest BCUT2D eigenvalue weighted by Gasteiger charge is -2.42. The molecule has 146 valence electrons. The second-order valence-electron chi connectivity index (χ2n) is 7.36. The summed E-state index contributed by atoms with van der Waals surface area (Å²) in [5, 5.41) is 7.05. The first-order chi connectivity index (χ1) is 12.2. The zero-order chi connectivity index (χ0) is 18.0. The van der Waals surface area contributed by atoms with Gasteiger partial charge in [0.1, 0.15) is 0 Å². The molecule has 0 bridgehead atoms. The summed E-state index contributed by atoms with van der Waals surface area (Å²) in [5.74, 6) is 3.43. The number of guanidine groups is 1. The molecule has 2 aliphatic rings. The van der Waals surface area contributed by atoms with Gasteiger partial charge in [0.25, 0.3) is 0 Å². The number of hydrogen-bond acceptors (Lipinski definition) is 4. The number of aliphatic imine (C=N–C) groups is 1. The molecule has 0 aromatic carbocycles. The molecule has 2 fully saturated rings. The van der Waals surface area contributed by atoms with Crippen molar-refractivity contribution < 1.29 is 4.74 Å². The highest BCUT2D eigenvalue weighted by atomic mass is 32.2. The van der Waals surface area contributed by atoms with Gasteiger partial charge in [-0.15, -0.1) is 0 Å². The van der Waals surface area contributed by atoms with E-state index >= 15 is 0 Å². The molecule has 0 spiro atoms. The van der Waals surface area contributed by atoms with Crippen LogP contribution in [0.1, 0.15) is 52.9 Å². The van der Waals surface area contributed by atoms with Gasteiger partial charge in [-0.05, 0) is 32.4 Å². The largest absolute Gasteiger partial charge is 0.379 e. The maximum Gasteiger partial charge on any atom is 0.191 e. The van der Waals surface area contributed by atoms with Crippen LogP contribution in [0.5, 0.6) is 0 Å². The van der Waals surface area contributed by atoms with Crippen LogP contribution in [0.4, 0.5) is 0 Å². The van der Waals surface area contributed by atoms with Crippen molar-refractivity contribution in [1.82, 2.24) is 15.5 Å². The average molecular weight is 371 g/mol. The van der Waals surface area contributed by atoms with Crippen LogP contribution in [-0.2, 0) is 4.74 Å². The minimum atomic E-state index is 0.224. The van der Waals surface area contributed by atoms with Crippen molar-refractivity contribution in [3.8, 4) is 0 Å². The molecule has 5 nitrogen and oxygen atoms in total. The van der Waals surface area contributed by atoms with Crippen LogP contribution in [-0.4, -0.2) is 73.3 Å². The molecule has 2 saturated heterocycles. The molecule has 0 aliphatic carbocycles. The summed E-state index contributed by atoms with van der Waals surface area (Å²) in [7, 11) is 0. The van der Waals surface area contributed by atoms with Crippen LogP contribution in [0.15, 0.2) is 4.99 Å². The summed E-state index contributed by atoms with van der Waals surface area (Å²) >= 11 is 2.07. The van der Waals surface area contributed by atoms with Crippen LogP contribution < -0.4 is 10.6 Å². The fourth-order valence-electron chi connectivity index (χ4n) is 3.66. The number of unbranched alkanes of at least 4 members (excludes halogenated alkanes) is 2. The van der Waals surface area contributed by atoms with E-state index in [2.05, 4.69) is 48.1 Å². The topological polar surface area (TPSA) is 48.9 Å².